The van der Waals surface area contributed by atoms with Gasteiger partial charge in [-0.2, -0.15) is 0 Å². The molecule has 2 aromatic rings. The third kappa shape index (κ3) is 9.67. The number of piperazine rings is 1. The molecule has 2 N–H and O–H groups in total. The summed E-state index contributed by atoms with van der Waals surface area (Å²) in [4.78, 5) is 36.5. The quantitative estimate of drug-likeness (QED) is 0.329. The van der Waals surface area contributed by atoms with Crippen LogP contribution in [0, 0.1) is 0 Å². The van der Waals surface area contributed by atoms with Crippen LogP contribution in [-0.4, -0.2) is 65.6 Å². The van der Waals surface area contributed by atoms with Crippen molar-refractivity contribution in [3.63, 3.8) is 0 Å². The number of carboxylic acid groups (broad SMARTS) is 2. The highest BCUT2D eigenvalue weighted by Gasteiger charge is 2.19. The van der Waals surface area contributed by atoms with Crippen LogP contribution in [0.1, 0.15) is 60.4 Å². The topological polar surface area (TPSA) is 98.2 Å². The van der Waals surface area contributed by atoms with Gasteiger partial charge in [-0.3, -0.25) is 9.69 Å². The van der Waals surface area contributed by atoms with Gasteiger partial charge in [-0.25, -0.2) is 9.59 Å². The number of carbonyl (C=O) groups excluding carboxylic acids is 1. The van der Waals surface area contributed by atoms with Crippen LogP contribution >= 0.6 is 11.6 Å². The molecule has 198 valence electrons. The Hall–Kier alpha value is -3.16. The van der Waals surface area contributed by atoms with Crippen molar-refractivity contribution in [1.29, 1.82) is 0 Å². The molecule has 0 amide bonds. The number of ketones is 1. The lowest BCUT2D eigenvalue weighted by atomic mass is 9.95. The van der Waals surface area contributed by atoms with E-state index >= 15 is 0 Å². The van der Waals surface area contributed by atoms with Crippen LogP contribution in [0.2, 0.25) is 5.02 Å². The summed E-state index contributed by atoms with van der Waals surface area (Å²) in [5.74, 6) is -1.52. The number of hydrogen-bond donors (Lipinski definition) is 2. The van der Waals surface area contributed by atoms with Crippen molar-refractivity contribution in [1.82, 2.24) is 4.90 Å². The summed E-state index contributed by atoms with van der Waals surface area (Å²) in [7, 11) is 0. The molecule has 8 heteroatoms. The highest BCUT2D eigenvalue weighted by atomic mass is 35.5. The number of rotatable bonds is 9. The molecule has 1 aliphatic carbocycles. The number of benzene rings is 2. The predicted octanol–water partition coefficient (Wildman–Crippen LogP) is 5.49. The number of nitrogens with zero attached hydrogens (tertiary/aromatic N) is 2. The molecule has 0 atom stereocenters. The Morgan fingerprint density at radius 3 is 2.08 bits per heavy atom. The monoisotopic (exact) mass is 526 g/mol. The van der Waals surface area contributed by atoms with E-state index in [1.54, 1.807) is 0 Å². The molecular weight excluding hydrogens is 492 g/mol. The number of Topliss-reactive ketones (excluding diaryl/α,β-unsaturated/α-hetero) is 1. The van der Waals surface area contributed by atoms with Gasteiger partial charge in [-0.1, -0.05) is 54.8 Å². The molecule has 1 heterocycles. The summed E-state index contributed by atoms with van der Waals surface area (Å²) in [6.07, 6.45) is 7.98. The Balaban J connectivity index is 0.000000414. The van der Waals surface area contributed by atoms with Gasteiger partial charge in [0.15, 0.2) is 5.78 Å². The largest absolute Gasteiger partial charge is 0.478 e. The minimum atomic E-state index is -1.26. The van der Waals surface area contributed by atoms with E-state index in [2.05, 4.69) is 28.0 Å². The molecule has 37 heavy (non-hydrogen) atoms. The van der Waals surface area contributed by atoms with Crippen LogP contribution in [-0.2, 0) is 9.59 Å². The van der Waals surface area contributed by atoms with Crippen LogP contribution in [0.4, 0.5) is 5.69 Å². The summed E-state index contributed by atoms with van der Waals surface area (Å²) in [6.45, 7) is 5.09. The van der Waals surface area contributed by atoms with Gasteiger partial charge in [0.25, 0.3) is 0 Å². The summed E-state index contributed by atoms with van der Waals surface area (Å²) in [5, 5.41) is 16.4. The second-order valence-corrected chi connectivity index (χ2v) is 9.88. The molecular formula is C29H35ClN2O5. The first-order chi connectivity index (χ1) is 17.8. The lowest BCUT2D eigenvalue weighted by molar-refractivity contribution is -0.134. The minimum absolute atomic E-state index is 0.278. The van der Waals surface area contributed by atoms with E-state index in [0.717, 1.165) is 49.7 Å². The zero-order chi connectivity index (χ0) is 26.6. The average molecular weight is 527 g/mol. The van der Waals surface area contributed by atoms with Crippen molar-refractivity contribution in [3.05, 3.63) is 76.8 Å². The summed E-state index contributed by atoms with van der Waals surface area (Å²) < 4.78 is 0. The van der Waals surface area contributed by atoms with E-state index in [1.807, 2.05) is 30.3 Å². The molecule has 0 aromatic heterocycles. The van der Waals surface area contributed by atoms with Gasteiger partial charge in [0, 0.05) is 61.0 Å². The molecule has 2 fully saturated rings. The van der Waals surface area contributed by atoms with Crippen LogP contribution < -0.4 is 4.90 Å². The van der Waals surface area contributed by atoms with Crippen LogP contribution in [0.25, 0.3) is 0 Å². The van der Waals surface area contributed by atoms with Gasteiger partial charge in [0.2, 0.25) is 0 Å². The first-order valence-corrected chi connectivity index (χ1v) is 13.2. The Bertz CT molecular complexity index is 1060. The third-order valence-corrected chi connectivity index (χ3v) is 7.09. The maximum absolute atomic E-state index is 12.5. The van der Waals surface area contributed by atoms with Crippen LogP contribution in [0.5, 0.6) is 0 Å². The van der Waals surface area contributed by atoms with Crippen molar-refractivity contribution in [3.8, 4) is 0 Å². The number of anilines is 1. The zero-order valence-electron chi connectivity index (χ0n) is 21.0. The van der Waals surface area contributed by atoms with Gasteiger partial charge in [-0.15, -0.1) is 0 Å². The van der Waals surface area contributed by atoms with Crippen molar-refractivity contribution in [2.24, 2.45) is 0 Å². The maximum Gasteiger partial charge on any atom is 0.328 e. The Morgan fingerprint density at radius 2 is 1.51 bits per heavy atom. The molecule has 2 aromatic carbocycles. The second-order valence-electron chi connectivity index (χ2n) is 9.45. The van der Waals surface area contributed by atoms with Gasteiger partial charge >= 0.3 is 11.9 Å². The molecule has 2 aliphatic rings. The van der Waals surface area contributed by atoms with Crippen molar-refractivity contribution in [2.75, 3.05) is 37.6 Å². The zero-order valence-corrected chi connectivity index (χ0v) is 21.8. The first kappa shape index (κ1) is 28.4. The smallest absolute Gasteiger partial charge is 0.328 e. The molecule has 1 saturated heterocycles. The minimum Gasteiger partial charge on any atom is -0.478 e. The summed E-state index contributed by atoms with van der Waals surface area (Å²) in [6, 6.07) is 16.5. The van der Waals surface area contributed by atoms with Crippen LogP contribution in [0.15, 0.2) is 60.7 Å². The molecule has 0 spiro atoms. The van der Waals surface area contributed by atoms with E-state index in [-0.39, 0.29) is 5.78 Å². The lowest BCUT2D eigenvalue weighted by Crippen LogP contribution is -2.46. The molecule has 0 radical (unpaired) electrons. The highest BCUT2D eigenvalue weighted by molar-refractivity contribution is 6.30. The molecule has 0 unspecified atom stereocenters. The molecule has 4 rings (SSSR count). The Labute approximate surface area is 223 Å². The highest BCUT2D eigenvalue weighted by Crippen LogP contribution is 2.34. The van der Waals surface area contributed by atoms with Gasteiger partial charge in [0.1, 0.15) is 0 Å². The predicted molar refractivity (Wildman–Crippen MR) is 146 cm³/mol. The van der Waals surface area contributed by atoms with Gasteiger partial charge < -0.3 is 15.1 Å². The van der Waals surface area contributed by atoms with Crippen molar-refractivity contribution in [2.45, 2.75) is 44.4 Å². The number of carbonyl (C=O) groups is 3. The Morgan fingerprint density at radius 1 is 0.892 bits per heavy atom. The molecule has 7 nitrogen and oxygen atoms in total. The standard InChI is InChI=1S/C25H31ClN2O.C4H4O4/c26-23-7-3-8-24(19-23)28-17-15-27(16-18-28)14-4-9-25(29)22-12-10-21(11-13-22)20-5-1-2-6-20;5-3(6)1-2-4(7)8/h3,7-8,10-13,19-20H,1-2,4-6,9,14-18H2;1-2H,(H,5,6)(H,7,8)/b;2-1+. The number of carboxylic acids is 2. The Kier molecular flexibility index (Phi) is 11.2. The van der Waals surface area contributed by atoms with E-state index in [4.69, 9.17) is 21.8 Å². The number of halogens is 1. The molecule has 0 bridgehead atoms. The lowest BCUT2D eigenvalue weighted by Gasteiger charge is -2.36. The van der Waals surface area contributed by atoms with E-state index in [0.29, 0.717) is 24.5 Å². The van der Waals surface area contributed by atoms with E-state index < -0.39 is 11.9 Å². The van der Waals surface area contributed by atoms with Crippen LogP contribution in [0.3, 0.4) is 0 Å². The first-order valence-electron chi connectivity index (χ1n) is 12.8. The summed E-state index contributed by atoms with van der Waals surface area (Å²) in [5.41, 5.74) is 3.49. The summed E-state index contributed by atoms with van der Waals surface area (Å²) >= 11 is 6.11. The second kappa shape index (κ2) is 14.5. The SMILES string of the molecule is O=C(CCCN1CCN(c2cccc(Cl)c2)CC1)c1ccc(C2CCCC2)cc1.O=C(O)/C=C/C(=O)O. The van der Waals surface area contributed by atoms with Gasteiger partial charge in [0.05, 0.1) is 0 Å². The maximum atomic E-state index is 12.5. The number of aliphatic carboxylic acids is 2. The van der Waals surface area contributed by atoms with Crippen molar-refractivity contribution < 1.29 is 24.6 Å². The van der Waals surface area contributed by atoms with E-state index in [9.17, 15) is 14.4 Å². The molecule has 1 aliphatic heterocycles. The molecule has 1 saturated carbocycles. The van der Waals surface area contributed by atoms with Gasteiger partial charge in [-0.05, 0) is 55.5 Å². The third-order valence-electron chi connectivity index (χ3n) is 6.85. The normalized spacial score (nSPS) is 16.4. The van der Waals surface area contributed by atoms with Crippen molar-refractivity contribution >= 4 is 35.0 Å². The number of hydrogen-bond acceptors (Lipinski definition) is 5. The van der Waals surface area contributed by atoms with E-state index in [1.165, 1.54) is 36.9 Å². The fraction of sp³-hybridized carbons (Fsp3) is 0.414. The fourth-order valence-electron chi connectivity index (χ4n) is 4.85. The fourth-order valence-corrected chi connectivity index (χ4v) is 5.04. The average Bonchev–Trinajstić information content (AvgIpc) is 3.43.